The van der Waals surface area contributed by atoms with Gasteiger partial charge in [-0.15, -0.1) is 0 Å². The van der Waals surface area contributed by atoms with Gasteiger partial charge in [-0.25, -0.2) is 4.79 Å². The minimum Gasteiger partial charge on any atom is -0.489 e. The third-order valence-electron chi connectivity index (χ3n) is 6.36. The van der Waals surface area contributed by atoms with E-state index in [4.69, 9.17) is 9.47 Å². The van der Waals surface area contributed by atoms with Crippen molar-refractivity contribution in [3.8, 4) is 5.75 Å². The molecule has 0 aromatic heterocycles. The number of ketones is 1. The minimum atomic E-state index is -0.533. The molecule has 34 heavy (non-hydrogen) atoms. The highest BCUT2D eigenvalue weighted by Gasteiger charge is 2.42. The van der Waals surface area contributed by atoms with Crippen LogP contribution < -0.4 is 10.1 Å². The number of benzene rings is 3. The van der Waals surface area contributed by atoms with Crippen molar-refractivity contribution in [1.29, 1.82) is 0 Å². The van der Waals surface area contributed by atoms with E-state index in [0.717, 1.165) is 28.1 Å². The summed E-state index contributed by atoms with van der Waals surface area (Å²) in [7, 11) is 1.36. The van der Waals surface area contributed by atoms with E-state index in [1.165, 1.54) is 12.7 Å². The van der Waals surface area contributed by atoms with E-state index in [2.05, 4.69) is 24.4 Å². The molecule has 5 nitrogen and oxygen atoms in total. The largest absolute Gasteiger partial charge is 0.489 e. The van der Waals surface area contributed by atoms with E-state index in [-0.39, 0.29) is 5.78 Å². The molecule has 5 rings (SSSR count). The van der Waals surface area contributed by atoms with Crippen LogP contribution >= 0.6 is 0 Å². The van der Waals surface area contributed by atoms with Crippen LogP contribution in [0.3, 0.4) is 0 Å². The number of hydrogen-bond acceptors (Lipinski definition) is 5. The van der Waals surface area contributed by atoms with E-state index >= 15 is 0 Å². The maximum absolute atomic E-state index is 13.4. The second kappa shape index (κ2) is 8.67. The first-order valence-electron chi connectivity index (χ1n) is 11.2. The van der Waals surface area contributed by atoms with Crippen molar-refractivity contribution in [2.45, 2.75) is 26.4 Å². The quantitative estimate of drug-likeness (QED) is 0.532. The summed E-state index contributed by atoms with van der Waals surface area (Å²) in [6.07, 6.45) is 0. The fourth-order valence-electron chi connectivity index (χ4n) is 4.77. The fourth-order valence-corrected chi connectivity index (χ4v) is 4.77. The molecular formula is C29H25NO4. The van der Waals surface area contributed by atoms with E-state index in [1.807, 2.05) is 67.6 Å². The summed E-state index contributed by atoms with van der Waals surface area (Å²) < 4.78 is 11.1. The van der Waals surface area contributed by atoms with Crippen LogP contribution in [0.1, 0.15) is 45.5 Å². The molecule has 1 unspecified atom stereocenters. The number of carbonyl (C=O) groups is 2. The fraction of sp³-hybridized carbons (Fsp3) is 0.172. The number of methoxy groups -OCH3 is 1. The van der Waals surface area contributed by atoms with Gasteiger partial charge in [0, 0.05) is 28.3 Å². The second-order valence-electron chi connectivity index (χ2n) is 8.60. The van der Waals surface area contributed by atoms with Gasteiger partial charge in [0.15, 0.2) is 5.78 Å². The van der Waals surface area contributed by atoms with Crippen molar-refractivity contribution in [2.75, 3.05) is 7.11 Å². The summed E-state index contributed by atoms with van der Waals surface area (Å²) >= 11 is 0. The summed E-state index contributed by atoms with van der Waals surface area (Å²) in [5.41, 5.74) is 7.06. The standard InChI is InChI=1S/C29H25NO4/c1-17-7-6-8-19(15-17)16-34-21-13-11-20(12-14-21)25-24(29(32)33-3)18(2)30-27-22-9-4-5-10-23(22)28(31)26(25)27/h4-15,25,30H,16H2,1-3H3. The Morgan fingerprint density at radius 3 is 2.38 bits per heavy atom. The van der Waals surface area contributed by atoms with Crippen LogP contribution in [0, 0.1) is 6.92 Å². The summed E-state index contributed by atoms with van der Waals surface area (Å²) in [5, 5.41) is 3.30. The third kappa shape index (κ3) is 3.69. The number of allylic oxidation sites excluding steroid dienone is 2. The van der Waals surface area contributed by atoms with Crippen LogP contribution in [0.25, 0.3) is 5.70 Å². The Morgan fingerprint density at radius 2 is 1.68 bits per heavy atom. The molecule has 2 aliphatic rings. The lowest BCUT2D eigenvalue weighted by Crippen LogP contribution is -2.29. The van der Waals surface area contributed by atoms with Gasteiger partial charge in [0.25, 0.3) is 0 Å². The zero-order valence-corrected chi connectivity index (χ0v) is 19.3. The van der Waals surface area contributed by atoms with Crippen LogP contribution in [0.5, 0.6) is 5.75 Å². The number of nitrogens with one attached hydrogen (secondary N) is 1. The molecule has 0 fully saturated rings. The molecule has 0 spiro atoms. The van der Waals surface area contributed by atoms with Crippen molar-refractivity contribution in [1.82, 2.24) is 5.32 Å². The van der Waals surface area contributed by atoms with E-state index in [9.17, 15) is 9.59 Å². The summed E-state index contributed by atoms with van der Waals surface area (Å²) in [6, 6.07) is 23.3. The number of hydrogen-bond donors (Lipinski definition) is 1. The molecule has 1 atom stereocenters. The van der Waals surface area contributed by atoms with Crippen molar-refractivity contribution in [3.05, 3.63) is 117 Å². The van der Waals surface area contributed by atoms with Gasteiger partial charge in [-0.1, -0.05) is 66.2 Å². The number of Topliss-reactive ketones (excluding diaryl/α,β-unsaturated/α-hetero) is 1. The van der Waals surface area contributed by atoms with Gasteiger partial charge in [0.2, 0.25) is 0 Å². The highest BCUT2D eigenvalue weighted by Crippen LogP contribution is 2.46. The van der Waals surface area contributed by atoms with Crippen molar-refractivity contribution >= 4 is 17.4 Å². The van der Waals surface area contributed by atoms with Gasteiger partial charge in [0.1, 0.15) is 12.4 Å². The normalized spacial score (nSPS) is 16.7. The molecule has 1 aliphatic heterocycles. The molecule has 0 amide bonds. The predicted molar refractivity (Wildman–Crippen MR) is 130 cm³/mol. The Balaban J connectivity index is 1.50. The van der Waals surface area contributed by atoms with Crippen molar-refractivity contribution in [3.63, 3.8) is 0 Å². The number of carbonyl (C=O) groups excluding carboxylic acids is 2. The summed E-state index contributed by atoms with van der Waals surface area (Å²) in [5.74, 6) is -0.342. The molecule has 0 radical (unpaired) electrons. The average molecular weight is 452 g/mol. The first kappa shape index (κ1) is 21.7. The molecule has 5 heteroatoms. The van der Waals surface area contributed by atoms with E-state index in [1.54, 1.807) is 0 Å². The molecule has 3 aromatic rings. The van der Waals surface area contributed by atoms with Crippen molar-refractivity contribution < 1.29 is 19.1 Å². The number of dihydropyridines is 1. The van der Waals surface area contributed by atoms with Crippen LogP contribution in [-0.4, -0.2) is 18.9 Å². The molecule has 0 saturated carbocycles. The number of fused-ring (bicyclic) bond motifs is 2. The van der Waals surface area contributed by atoms with E-state index < -0.39 is 11.9 Å². The predicted octanol–water partition coefficient (Wildman–Crippen LogP) is 5.32. The number of rotatable bonds is 5. The zero-order chi connectivity index (χ0) is 23.8. The van der Waals surface area contributed by atoms with Gasteiger partial charge < -0.3 is 14.8 Å². The maximum Gasteiger partial charge on any atom is 0.336 e. The average Bonchev–Trinajstić information content (AvgIpc) is 3.13. The molecular weight excluding hydrogens is 426 g/mol. The van der Waals surface area contributed by atoms with Gasteiger partial charge in [-0.2, -0.15) is 0 Å². The zero-order valence-electron chi connectivity index (χ0n) is 19.3. The Morgan fingerprint density at radius 1 is 0.941 bits per heavy atom. The van der Waals surface area contributed by atoms with Crippen LogP contribution in [0.15, 0.2) is 89.6 Å². The van der Waals surface area contributed by atoms with Gasteiger partial charge in [-0.05, 0) is 37.1 Å². The van der Waals surface area contributed by atoms with Crippen LogP contribution in [-0.2, 0) is 16.1 Å². The van der Waals surface area contributed by atoms with Gasteiger partial charge in [-0.3, -0.25) is 4.79 Å². The Bertz CT molecular complexity index is 1360. The second-order valence-corrected chi connectivity index (χ2v) is 8.60. The molecule has 0 saturated heterocycles. The molecule has 3 aromatic carbocycles. The van der Waals surface area contributed by atoms with Crippen LogP contribution in [0.2, 0.25) is 0 Å². The number of esters is 1. The van der Waals surface area contributed by atoms with Crippen molar-refractivity contribution in [2.24, 2.45) is 0 Å². The monoisotopic (exact) mass is 451 g/mol. The molecule has 1 N–H and O–H groups in total. The lowest BCUT2D eigenvalue weighted by Gasteiger charge is -2.29. The molecule has 0 bridgehead atoms. The first-order chi connectivity index (χ1) is 16.5. The molecule has 170 valence electrons. The lowest BCUT2D eigenvalue weighted by atomic mass is 9.80. The summed E-state index contributed by atoms with van der Waals surface area (Å²) in [6.45, 7) is 4.36. The highest BCUT2D eigenvalue weighted by molar-refractivity contribution is 6.23. The van der Waals surface area contributed by atoms with E-state index in [0.29, 0.717) is 29.0 Å². The lowest BCUT2D eigenvalue weighted by molar-refractivity contribution is -0.136. The maximum atomic E-state index is 13.4. The number of aryl methyl sites for hydroxylation is 1. The van der Waals surface area contributed by atoms with Gasteiger partial charge in [0.05, 0.1) is 18.4 Å². The SMILES string of the molecule is COC(=O)C1=C(C)NC2=C(C(=O)c3ccccc32)C1c1ccc(OCc2cccc(C)c2)cc1. The highest BCUT2D eigenvalue weighted by atomic mass is 16.5. The van der Waals surface area contributed by atoms with Gasteiger partial charge >= 0.3 is 5.97 Å². The molecule has 1 aliphatic carbocycles. The Hall–Kier alpha value is -4.12. The summed E-state index contributed by atoms with van der Waals surface area (Å²) in [4.78, 5) is 26.2. The first-order valence-corrected chi connectivity index (χ1v) is 11.2. The Labute approximate surface area is 198 Å². The smallest absolute Gasteiger partial charge is 0.336 e. The Kier molecular flexibility index (Phi) is 5.54. The molecule has 1 heterocycles. The third-order valence-corrected chi connectivity index (χ3v) is 6.36. The number of ether oxygens (including phenoxy) is 2. The van der Waals surface area contributed by atoms with Crippen LogP contribution in [0.4, 0.5) is 0 Å². The topological polar surface area (TPSA) is 64.6 Å². The minimum absolute atomic E-state index is 0.0724.